The van der Waals surface area contributed by atoms with Crippen LogP contribution in [0.5, 0.6) is 5.75 Å². The SMILES string of the molecule is NC(=O)COc1ccc(/C=N/NC(=O)CSCc2ccc(Cl)cc2)cc1. The first-order valence-corrected chi connectivity index (χ1v) is 9.21. The molecule has 2 rings (SSSR count). The van der Waals surface area contributed by atoms with Crippen molar-refractivity contribution in [2.45, 2.75) is 5.75 Å². The summed E-state index contributed by atoms with van der Waals surface area (Å²) in [5.41, 5.74) is 9.37. The molecule has 0 atom stereocenters. The number of carbonyl (C=O) groups excluding carboxylic acids is 2. The van der Waals surface area contributed by atoms with Gasteiger partial charge < -0.3 is 10.5 Å². The van der Waals surface area contributed by atoms with Gasteiger partial charge in [-0.1, -0.05) is 23.7 Å². The third-order valence-electron chi connectivity index (χ3n) is 3.08. The smallest absolute Gasteiger partial charge is 0.255 e. The first-order valence-electron chi connectivity index (χ1n) is 7.68. The van der Waals surface area contributed by atoms with Gasteiger partial charge in [-0.25, -0.2) is 5.43 Å². The summed E-state index contributed by atoms with van der Waals surface area (Å²) in [6.45, 7) is -0.169. The molecule has 3 N–H and O–H groups in total. The Kier molecular flexibility index (Phi) is 7.98. The molecule has 0 saturated carbocycles. The summed E-state index contributed by atoms with van der Waals surface area (Å²) in [5, 5.41) is 4.61. The van der Waals surface area contributed by atoms with E-state index in [-0.39, 0.29) is 12.5 Å². The first-order chi connectivity index (χ1) is 12.5. The van der Waals surface area contributed by atoms with Gasteiger partial charge in [-0.15, -0.1) is 11.8 Å². The number of amides is 2. The van der Waals surface area contributed by atoms with Gasteiger partial charge >= 0.3 is 0 Å². The van der Waals surface area contributed by atoms with E-state index in [4.69, 9.17) is 22.1 Å². The second-order valence-electron chi connectivity index (χ2n) is 5.24. The van der Waals surface area contributed by atoms with Crippen LogP contribution >= 0.6 is 23.4 Å². The molecule has 0 heterocycles. The quantitative estimate of drug-likeness (QED) is 0.507. The predicted octanol–water partition coefficient (Wildman–Crippen LogP) is 2.59. The van der Waals surface area contributed by atoms with Crippen molar-refractivity contribution in [2.75, 3.05) is 12.4 Å². The Morgan fingerprint density at radius 1 is 1.15 bits per heavy atom. The number of primary amides is 1. The van der Waals surface area contributed by atoms with E-state index in [2.05, 4.69) is 10.5 Å². The van der Waals surface area contributed by atoms with E-state index in [0.29, 0.717) is 16.5 Å². The van der Waals surface area contributed by atoms with Gasteiger partial charge in [-0.05, 0) is 47.5 Å². The molecule has 0 radical (unpaired) electrons. The van der Waals surface area contributed by atoms with E-state index in [1.54, 1.807) is 24.3 Å². The van der Waals surface area contributed by atoms with Crippen molar-refractivity contribution >= 4 is 41.4 Å². The number of halogens is 1. The lowest BCUT2D eigenvalue weighted by Gasteiger charge is -2.03. The van der Waals surface area contributed by atoms with Gasteiger partial charge in [0.05, 0.1) is 12.0 Å². The molecule has 0 aliphatic carbocycles. The number of ether oxygens (including phenoxy) is 1. The molecule has 0 aromatic heterocycles. The number of hydrazone groups is 1. The average molecular weight is 392 g/mol. The number of benzene rings is 2. The number of carbonyl (C=O) groups is 2. The van der Waals surface area contributed by atoms with Crippen molar-refractivity contribution in [2.24, 2.45) is 10.8 Å². The topological polar surface area (TPSA) is 93.8 Å². The van der Waals surface area contributed by atoms with E-state index in [1.807, 2.05) is 24.3 Å². The monoisotopic (exact) mass is 391 g/mol. The van der Waals surface area contributed by atoms with E-state index in [1.165, 1.54) is 18.0 Å². The Morgan fingerprint density at radius 2 is 1.85 bits per heavy atom. The molecular weight excluding hydrogens is 374 g/mol. The van der Waals surface area contributed by atoms with Crippen molar-refractivity contribution < 1.29 is 14.3 Å². The summed E-state index contributed by atoms with van der Waals surface area (Å²) in [7, 11) is 0. The number of hydrogen-bond donors (Lipinski definition) is 2. The third kappa shape index (κ3) is 7.58. The van der Waals surface area contributed by atoms with Gasteiger partial charge in [0.1, 0.15) is 5.75 Å². The fourth-order valence-electron chi connectivity index (χ4n) is 1.86. The largest absolute Gasteiger partial charge is 0.484 e. The Bertz CT molecular complexity index is 764. The molecule has 0 aliphatic heterocycles. The van der Waals surface area contributed by atoms with Crippen LogP contribution < -0.4 is 15.9 Å². The maximum absolute atomic E-state index is 11.8. The molecule has 136 valence electrons. The van der Waals surface area contributed by atoms with Crippen LogP contribution in [0.25, 0.3) is 0 Å². The van der Waals surface area contributed by atoms with Crippen LogP contribution in [-0.2, 0) is 15.3 Å². The Morgan fingerprint density at radius 3 is 2.50 bits per heavy atom. The van der Waals surface area contributed by atoms with Crippen molar-refractivity contribution in [3.63, 3.8) is 0 Å². The number of nitrogens with zero attached hydrogens (tertiary/aromatic N) is 1. The van der Waals surface area contributed by atoms with E-state index in [0.717, 1.165) is 16.9 Å². The highest BCUT2D eigenvalue weighted by atomic mass is 35.5. The summed E-state index contributed by atoms with van der Waals surface area (Å²) in [6, 6.07) is 14.4. The molecule has 2 aromatic carbocycles. The summed E-state index contributed by atoms with van der Waals surface area (Å²) in [5.74, 6) is 0.846. The molecule has 0 aliphatic rings. The number of nitrogens with one attached hydrogen (secondary N) is 1. The maximum atomic E-state index is 11.8. The zero-order chi connectivity index (χ0) is 18.8. The zero-order valence-electron chi connectivity index (χ0n) is 13.9. The van der Waals surface area contributed by atoms with Crippen molar-refractivity contribution in [3.8, 4) is 5.75 Å². The van der Waals surface area contributed by atoms with Gasteiger partial charge in [0.15, 0.2) is 6.61 Å². The highest BCUT2D eigenvalue weighted by Gasteiger charge is 2.01. The van der Waals surface area contributed by atoms with Crippen LogP contribution in [0.4, 0.5) is 0 Å². The molecule has 2 amide bonds. The predicted molar refractivity (Wildman–Crippen MR) is 104 cm³/mol. The minimum absolute atomic E-state index is 0.169. The van der Waals surface area contributed by atoms with Crippen LogP contribution in [0.3, 0.4) is 0 Å². The number of nitrogens with two attached hydrogens (primary N) is 1. The average Bonchev–Trinajstić information content (AvgIpc) is 2.63. The molecule has 0 fully saturated rings. The molecule has 0 bridgehead atoms. The second kappa shape index (κ2) is 10.5. The Balaban J connectivity index is 1.69. The lowest BCUT2D eigenvalue weighted by molar-refractivity contribution is -0.120. The van der Waals surface area contributed by atoms with Crippen LogP contribution in [0, 0.1) is 0 Å². The molecule has 26 heavy (non-hydrogen) atoms. The van der Waals surface area contributed by atoms with Crippen molar-refractivity contribution in [1.82, 2.24) is 5.43 Å². The number of rotatable bonds is 9. The number of hydrogen-bond acceptors (Lipinski definition) is 5. The minimum atomic E-state index is -0.535. The van der Waals surface area contributed by atoms with Crippen molar-refractivity contribution in [1.29, 1.82) is 0 Å². The minimum Gasteiger partial charge on any atom is -0.484 e. The molecule has 0 unspecified atom stereocenters. The zero-order valence-corrected chi connectivity index (χ0v) is 15.4. The summed E-state index contributed by atoms with van der Waals surface area (Å²) in [4.78, 5) is 22.4. The van der Waals surface area contributed by atoms with E-state index >= 15 is 0 Å². The number of thioether (sulfide) groups is 1. The third-order valence-corrected chi connectivity index (χ3v) is 4.33. The lowest BCUT2D eigenvalue weighted by Crippen LogP contribution is -2.20. The molecule has 0 saturated heterocycles. The molecule has 8 heteroatoms. The molecule has 6 nitrogen and oxygen atoms in total. The Hall–Kier alpha value is -2.51. The van der Waals surface area contributed by atoms with Gasteiger partial charge in [0.2, 0.25) is 5.91 Å². The fraction of sp³-hybridized carbons (Fsp3) is 0.167. The normalized spacial score (nSPS) is 10.7. The maximum Gasteiger partial charge on any atom is 0.255 e. The second-order valence-corrected chi connectivity index (χ2v) is 6.66. The van der Waals surface area contributed by atoms with Crippen LogP contribution in [0.15, 0.2) is 53.6 Å². The molecule has 0 spiro atoms. The molecular formula is C18H18ClN3O3S. The van der Waals surface area contributed by atoms with E-state index in [9.17, 15) is 9.59 Å². The lowest BCUT2D eigenvalue weighted by atomic mass is 10.2. The van der Waals surface area contributed by atoms with Crippen LogP contribution in [0.1, 0.15) is 11.1 Å². The summed E-state index contributed by atoms with van der Waals surface area (Å²) < 4.78 is 5.15. The van der Waals surface area contributed by atoms with E-state index < -0.39 is 5.91 Å². The Labute approximate surface area is 160 Å². The standard InChI is InChI=1S/C18H18ClN3O3S/c19-15-5-1-14(2-6-15)11-26-12-18(24)22-21-9-13-3-7-16(8-4-13)25-10-17(20)23/h1-9H,10-12H2,(H2,20,23)(H,22,24)/b21-9+. The molecule has 2 aromatic rings. The van der Waals surface area contributed by atoms with Gasteiger partial charge in [0.25, 0.3) is 5.91 Å². The van der Waals surface area contributed by atoms with Crippen molar-refractivity contribution in [3.05, 3.63) is 64.7 Å². The highest BCUT2D eigenvalue weighted by molar-refractivity contribution is 7.99. The van der Waals surface area contributed by atoms with Gasteiger partial charge in [-0.3, -0.25) is 9.59 Å². The fourth-order valence-corrected chi connectivity index (χ4v) is 2.76. The summed E-state index contributed by atoms with van der Waals surface area (Å²) in [6.07, 6.45) is 1.53. The highest BCUT2D eigenvalue weighted by Crippen LogP contribution is 2.15. The van der Waals surface area contributed by atoms with Gasteiger partial charge in [-0.2, -0.15) is 5.10 Å². The van der Waals surface area contributed by atoms with Crippen LogP contribution in [0.2, 0.25) is 5.02 Å². The first kappa shape index (κ1) is 19.8. The van der Waals surface area contributed by atoms with Gasteiger partial charge in [0, 0.05) is 10.8 Å². The van der Waals surface area contributed by atoms with Crippen LogP contribution in [-0.4, -0.2) is 30.4 Å². The summed E-state index contributed by atoms with van der Waals surface area (Å²) >= 11 is 7.32.